The SMILES string of the molecule is CCNC1CCC(c2cc3cc(F)ccc3o2)C1C. The van der Waals surface area contributed by atoms with E-state index in [1.54, 1.807) is 12.1 Å². The van der Waals surface area contributed by atoms with Crippen molar-refractivity contribution in [3.05, 3.63) is 35.8 Å². The number of fused-ring (bicyclic) bond motifs is 1. The molecule has 0 bridgehead atoms. The van der Waals surface area contributed by atoms with E-state index in [2.05, 4.69) is 19.2 Å². The molecule has 19 heavy (non-hydrogen) atoms. The first-order valence-electron chi connectivity index (χ1n) is 7.11. The summed E-state index contributed by atoms with van der Waals surface area (Å²) in [5, 5.41) is 4.40. The van der Waals surface area contributed by atoms with Crippen LogP contribution in [0.4, 0.5) is 4.39 Å². The molecule has 1 aromatic carbocycles. The maximum absolute atomic E-state index is 13.2. The highest BCUT2D eigenvalue weighted by Gasteiger charge is 2.35. The van der Waals surface area contributed by atoms with Gasteiger partial charge in [0.1, 0.15) is 17.2 Å². The third kappa shape index (κ3) is 2.27. The van der Waals surface area contributed by atoms with Crippen molar-refractivity contribution in [3.63, 3.8) is 0 Å². The highest BCUT2D eigenvalue weighted by Crippen LogP contribution is 2.41. The molecule has 3 rings (SSSR count). The minimum atomic E-state index is -0.204. The van der Waals surface area contributed by atoms with Crippen molar-refractivity contribution in [3.8, 4) is 0 Å². The number of furan rings is 1. The van der Waals surface area contributed by atoms with Crippen molar-refractivity contribution in [1.29, 1.82) is 0 Å². The van der Waals surface area contributed by atoms with Crippen molar-refractivity contribution in [2.75, 3.05) is 6.54 Å². The molecule has 0 amide bonds. The average molecular weight is 261 g/mol. The summed E-state index contributed by atoms with van der Waals surface area (Å²) in [5.74, 6) is 1.81. The lowest BCUT2D eigenvalue weighted by Gasteiger charge is -2.19. The first-order chi connectivity index (χ1) is 9.19. The molecule has 0 aliphatic heterocycles. The van der Waals surface area contributed by atoms with Gasteiger partial charge in [0.2, 0.25) is 0 Å². The first-order valence-corrected chi connectivity index (χ1v) is 7.11. The van der Waals surface area contributed by atoms with Gasteiger partial charge in [-0.1, -0.05) is 13.8 Å². The van der Waals surface area contributed by atoms with Crippen LogP contribution in [0.5, 0.6) is 0 Å². The van der Waals surface area contributed by atoms with Crippen LogP contribution in [0.1, 0.15) is 38.4 Å². The van der Waals surface area contributed by atoms with Crippen LogP contribution in [0.25, 0.3) is 11.0 Å². The Labute approximate surface area is 113 Å². The molecule has 1 aromatic heterocycles. The summed E-state index contributed by atoms with van der Waals surface area (Å²) in [6.07, 6.45) is 2.33. The van der Waals surface area contributed by atoms with E-state index in [4.69, 9.17) is 4.42 Å². The Bertz CT molecular complexity index is 577. The van der Waals surface area contributed by atoms with Crippen LogP contribution in [0.3, 0.4) is 0 Å². The van der Waals surface area contributed by atoms with Crippen molar-refractivity contribution >= 4 is 11.0 Å². The second kappa shape index (κ2) is 4.97. The summed E-state index contributed by atoms with van der Waals surface area (Å²) >= 11 is 0. The Morgan fingerprint density at radius 1 is 1.32 bits per heavy atom. The largest absolute Gasteiger partial charge is 0.461 e. The Morgan fingerprint density at radius 2 is 2.16 bits per heavy atom. The zero-order valence-corrected chi connectivity index (χ0v) is 11.4. The van der Waals surface area contributed by atoms with Gasteiger partial charge >= 0.3 is 0 Å². The summed E-state index contributed by atoms with van der Waals surface area (Å²) < 4.78 is 19.1. The van der Waals surface area contributed by atoms with Gasteiger partial charge in [-0.2, -0.15) is 0 Å². The van der Waals surface area contributed by atoms with Crippen molar-refractivity contribution in [1.82, 2.24) is 5.32 Å². The summed E-state index contributed by atoms with van der Waals surface area (Å²) in [6.45, 7) is 5.43. The number of halogens is 1. The molecule has 1 fully saturated rings. The van der Waals surface area contributed by atoms with Crippen LogP contribution >= 0.6 is 0 Å². The predicted octanol–water partition coefficient (Wildman–Crippen LogP) is 4.06. The first kappa shape index (κ1) is 12.7. The maximum atomic E-state index is 13.2. The molecule has 1 saturated carbocycles. The second-order valence-corrected chi connectivity index (χ2v) is 5.54. The van der Waals surface area contributed by atoms with Crippen LogP contribution in [-0.4, -0.2) is 12.6 Å². The quantitative estimate of drug-likeness (QED) is 0.901. The summed E-state index contributed by atoms with van der Waals surface area (Å²) in [4.78, 5) is 0. The zero-order chi connectivity index (χ0) is 13.4. The molecule has 1 aliphatic rings. The maximum Gasteiger partial charge on any atom is 0.134 e. The zero-order valence-electron chi connectivity index (χ0n) is 11.4. The van der Waals surface area contributed by atoms with E-state index in [0.717, 1.165) is 29.7 Å². The van der Waals surface area contributed by atoms with Crippen LogP contribution < -0.4 is 5.32 Å². The highest BCUT2D eigenvalue weighted by atomic mass is 19.1. The number of hydrogen-bond donors (Lipinski definition) is 1. The van der Waals surface area contributed by atoms with Crippen LogP contribution in [-0.2, 0) is 0 Å². The van der Waals surface area contributed by atoms with E-state index in [1.807, 2.05) is 6.07 Å². The Morgan fingerprint density at radius 3 is 2.95 bits per heavy atom. The molecular weight excluding hydrogens is 241 g/mol. The highest BCUT2D eigenvalue weighted by molar-refractivity contribution is 5.78. The fourth-order valence-corrected chi connectivity index (χ4v) is 3.33. The molecule has 0 radical (unpaired) electrons. The van der Waals surface area contributed by atoms with Gasteiger partial charge in [0.25, 0.3) is 0 Å². The van der Waals surface area contributed by atoms with Gasteiger partial charge in [-0.05, 0) is 49.6 Å². The lowest BCUT2D eigenvalue weighted by atomic mass is 9.93. The van der Waals surface area contributed by atoms with E-state index < -0.39 is 0 Å². The van der Waals surface area contributed by atoms with Gasteiger partial charge in [0.05, 0.1) is 0 Å². The van der Waals surface area contributed by atoms with Gasteiger partial charge in [-0.25, -0.2) is 4.39 Å². The predicted molar refractivity (Wildman–Crippen MR) is 74.8 cm³/mol. The fourth-order valence-electron chi connectivity index (χ4n) is 3.33. The molecule has 0 spiro atoms. The molecule has 2 nitrogen and oxygen atoms in total. The van der Waals surface area contributed by atoms with Gasteiger partial charge < -0.3 is 9.73 Å². The van der Waals surface area contributed by atoms with Crippen molar-refractivity contribution in [2.45, 2.75) is 38.6 Å². The number of benzene rings is 1. The van der Waals surface area contributed by atoms with Crippen LogP contribution in [0, 0.1) is 11.7 Å². The molecule has 102 valence electrons. The van der Waals surface area contributed by atoms with Gasteiger partial charge in [0, 0.05) is 17.3 Å². The Balaban J connectivity index is 1.88. The molecule has 2 aromatic rings. The number of rotatable bonds is 3. The van der Waals surface area contributed by atoms with Gasteiger partial charge in [-0.15, -0.1) is 0 Å². The Kier molecular flexibility index (Phi) is 3.31. The lowest BCUT2D eigenvalue weighted by Crippen LogP contribution is -2.31. The summed E-state index contributed by atoms with van der Waals surface area (Å²) in [7, 11) is 0. The Hall–Kier alpha value is -1.35. The van der Waals surface area contributed by atoms with E-state index in [-0.39, 0.29) is 5.82 Å². The third-order valence-electron chi connectivity index (χ3n) is 4.39. The third-order valence-corrected chi connectivity index (χ3v) is 4.39. The van der Waals surface area contributed by atoms with Crippen molar-refractivity contribution in [2.24, 2.45) is 5.92 Å². The van der Waals surface area contributed by atoms with Gasteiger partial charge in [-0.3, -0.25) is 0 Å². The van der Waals surface area contributed by atoms with Gasteiger partial charge in [0.15, 0.2) is 0 Å². The average Bonchev–Trinajstić information content (AvgIpc) is 2.94. The molecule has 3 heteroatoms. The summed E-state index contributed by atoms with van der Waals surface area (Å²) in [5.41, 5.74) is 0.788. The minimum Gasteiger partial charge on any atom is -0.461 e. The van der Waals surface area contributed by atoms with E-state index in [0.29, 0.717) is 17.9 Å². The molecular formula is C16H20FNO. The monoisotopic (exact) mass is 261 g/mol. The van der Waals surface area contributed by atoms with Crippen LogP contribution in [0.15, 0.2) is 28.7 Å². The summed E-state index contributed by atoms with van der Waals surface area (Å²) in [6, 6.07) is 7.29. The van der Waals surface area contributed by atoms with Crippen LogP contribution in [0.2, 0.25) is 0 Å². The van der Waals surface area contributed by atoms with E-state index in [1.165, 1.54) is 12.5 Å². The molecule has 0 saturated heterocycles. The second-order valence-electron chi connectivity index (χ2n) is 5.54. The molecule has 1 heterocycles. The fraction of sp³-hybridized carbons (Fsp3) is 0.500. The molecule has 3 atom stereocenters. The topological polar surface area (TPSA) is 25.2 Å². The van der Waals surface area contributed by atoms with Crippen molar-refractivity contribution < 1.29 is 8.81 Å². The molecule has 1 aliphatic carbocycles. The normalized spacial score (nSPS) is 27.2. The number of hydrogen-bond acceptors (Lipinski definition) is 2. The lowest BCUT2D eigenvalue weighted by molar-refractivity contribution is 0.378. The smallest absolute Gasteiger partial charge is 0.134 e. The minimum absolute atomic E-state index is 0.204. The van der Waals surface area contributed by atoms with E-state index >= 15 is 0 Å². The molecule has 1 N–H and O–H groups in total. The molecule has 3 unspecified atom stereocenters. The number of nitrogens with one attached hydrogen (secondary N) is 1. The van der Waals surface area contributed by atoms with E-state index in [9.17, 15) is 4.39 Å². The standard InChI is InChI=1S/C16H20FNO/c1-3-18-14-6-5-13(10(14)2)16-9-11-8-12(17)4-7-15(11)19-16/h4,7-10,13-14,18H,3,5-6H2,1-2H3.